The van der Waals surface area contributed by atoms with Crippen LogP contribution in [-0.4, -0.2) is 20.6 Å². The number of pyridine rings is 1. The third-order valence-electron chi connectivity index (χ3n) is 3.24. The van der Waals surface area contributed by atoms with Gasteiger partial charge in [0, 0.05) is 12.2 Å². The van der Waals surface area contributed by atoms with Gasteiger partial charge in [0.1, 0.15) is 0 Å². The standard InChI is InChI=1S/C13H18N4/c1-9-3-6-12-15-13(16-17(12)8-9)14-10(2)7-11-4-5-11/h3,6,8,10-11H,4-5,7H2,1-2H3,(H,14,16). The zero-order valence-electron chi connectivity index (χ0n) is 10.3. The van der Waals surface area contributed by atoms with E-state index in [2.05, 4.69) is 35.3 Å². The van der Waals surface area contributed by atoms with E-state index in [1.165, 1.54) is 24.8 Å². The molecule has 0 aromatic carbocycles. The molecule has 90 valence electrons. The lowest BCUT2D eigenvalue weighted by Gasteiger charge is -2.10. The first-order valence-corrected chi connectivity index (χ1v) is 6.30. The van der Waals surface area contributed by atoms with Crippen molar-refractivity contribution in [1.29, 1.82) is 0 Å². The van der Waals surface area contributed by atoms with E-state index < -0.39 is 0 Å². The summed E-state index contributed by atoms with van der Waals surface area (Å²) in [5, 5.41) is 7.81. The number of aryl methyl sites for hydroxylation is 1. The van der Waals surface area contributed by atoms with Crippen molar-refractivity contribution in [2.24, 2.45) is 5.92 Å². The summed E-state index contributed by atoms with van der Waals surface area (Å²) >= 11 is 0. The Kier molecular flexibility index (Phi) is 2.50. The second-order valence-corrected chi connectivity index (χ2v) is 5.17. The van der Waals surface area contributed by atoms with Gasteiger partial charge in [-0.2, -0.15) is 4.98 Å². The van der Waals surface area contributed by atoms with Crippen molar-refractivity contribution in [2.75, 3.05) is 5.32 Å². The minimum Gasteiger partial charge on any atom is -0.350 e. The zero-order valence-corrected chi connectivity index (χ0v) is 10.3. The first-order valence-electron chi connectivity index (χ1n) is 6.30. The topological polar surface area (TPSA) is 42.2 Å². The van der Waals surface area contributed by atoms with Crippen molar-refractivity contribution in [3.8, 4) is 0 Å². The number of nitrogens with one attached hydrogen (secondary N) is 1. The van der Waals surface area contributed by atoms with E-state index in [1.807, 2.05) is 16.8 Å². The molecule has 17 heavy (non-hydrogen) atoms. The minimum absolute atomic E-state index is 0.459. The van der Waals surface area contributed by atoms with Crippen LogP contribution in [0.4, 0.5) is 5.95 Å². The maximum atomic E-state index is 4.46. The van der Waals surface area contributed by atoms with Gasteiger partial charge in [0.2, 0.25) is 5.95 Å². The predicted octanol–water partition coefficient (Wildman–Crippen LogP) is 2.64. The van der Waals surface area contributed by atoms with Gasteiger partial charge in [0.25, 0.3) is 0 Å². The molecule has 1 atom stereocenters. The number of hydrogen-bond acceptors (Lipinski definition) is 3. The Morgan fingerprint density at radius 2 is 2.29 bits per heavy atom. The van der Waals surface area contributed by atoms with Gasteiger partial charge in [-0.1, -0.05) is 18.9 Å². The first kappa shape index (κ1) is 10.6. The molecule has 0 spiro atoms. The maximum absolute atomic E-state index is 4.46. The number of fused-ring (bicyclic) bond motifs is 1. The van der Waals surface area contributed by atoms with Gasteiger partial charge in [-0.25, -0.2) is 4.52 Å². The van der Waals surface area contributed by atoms with Crippen LogP contribution in [0.5, 0.6) is 0 Å². The van der Waals surface area contributed by atoms with E-state index in [1.54, 1.807) is 0 Å². The molecule has 3 rings (SSSR count). The van der Waals surface area contributed by atoms with Gasteiger partial charge >= 0.3 is 0 Å². The fraction of sp³-hybridized carbons (Fsp3) is 0.538. The lowest BCUT2D eigenvalue weighted by molar-refractivity contribution is 0.637. The summed E-state index contributed by atoms with van der Waals surface area (Å²) in [6.45, 7) is 4.26. The number of nitrogens with zero attached hydrogens (tertiary/aromatic N) is 3. The molecule has 0 bridgehead atoms. The average Bonchev–Trinajstić information content (AvgIpc) is 2.97. The molecule has 0 saturated heterocycles. The molecule has 1 fully saturated rings. The number of rotatable bonds is 4. The Balaban J connectivity index is 1.75. The summed E-state index contributed by atoms with van der Waals surface area (Å²) in [6.07, 6.45) is 6.02. The van der Waals surface area contributed by atoms with Crippen LogP contribution in [0.15, 0.2) is 18.3 Å². The highest BCUT2D eigenvalue weighted by atomic mass is 15.3. The molecule has 4 nitrogen and oxygen atoms in total. The van der Waals surface area contributed by atoms with E-state index in [-0.39, 0.29) is 0 Å². The molecule has 1 aliphatic rings. The molecule has 1 aliphatic carbocycles. The Morgan fingerprint density at radius 3 is 3.06 bits per heavy atom. The molecular formula is C13H18N4. The monoisotopic (exact) mass is 230 g/mol. The molecule has 2 aromatic heterocycles. The van der Waals surface area contributed by atoms with Gasteiger partial charge < -0.3 is 5.32 Å². The minimum atomic E-state index is 0.459. The lowest BCUT2D eigenvalue weighted by atomic mass is 10.2. The molecule has 4 heteroatoms. The smallest absolute Gasteiger partial charge is 0.243 e. The van der Waals surface area contributed by atoms with E-state index >= 15 is 0 Å². The molecule has 2 aromatic rings. The zero-order chi connectivity index (χ0) is 11.8. The van der Waals surface area contributed by atoms with Crippen molar-refractivity contribution in [1.82, 2.24) is 14.6 Å². The molecule has 1 saturated carbocycles. The number of aromatic nitrogens is 3. The van der Waals surface area contributed by atoms with E-state index in [9.17, 15) is 0 Å². The van der Waals surface area contributed by atoms with Crippen LogP contribution >= 0.6 is 0 Å². The average molecular weight is 230 g/mol. The highest BCUT2D eigenvalue weighted by Crippen LogP contribution is 2.33. The van der Waals surface area contributed by atoms with Crippen LogP contribution < -0.4 is 5.32 Å². The van der Waals surface area contributed by atoms with Crippen LogP contribution in [0.25, 0.3) is 5.65 Å². The van der Waals surface area contributed by atoms with Crippen LogP contribution in [0.1, 0.15) is 31.7 Å². The normalized spacial score (nSPS) is 17.3. The fourth-order valence-electron chi connectivity index (χ4n) is 2.18. The third kappa shape index (κ3) is 2.40. The molecule has 0 aliphatic heterocycles. The molecule has 1 N–H and O–H groups in total. The Morgan fingerprint density at radius 1 is 1.47 bits per heavy atom. The quantitative estimate of drug-likeness (QED) is 0.878. The van der Waals surface area contributed by atoms with Gasteiger partial charge in [-0.05, 0) is 37.8 Å². The lowest BCUT2D eigenvalue weighted by Crippen LogP contribution is -2.16. The molecule has 2 heterocycles. The SMILES string of the molecule is Cc1ccc2nc(NC(C)CC3CC3)nn2c1. The summed E-state index contributed by atoms with van der Waals surface area (Å²) < 4.78 is 1.83. The molecule has 0 amide bonds. The van der Waals surface area contributed by atoms with Gasteiger partial charge in [-0.3, -0.25) is 0 Å². The second kappa shape index (κ2) is 4.02. The van der Waals surface area contributed by atoms with Crippen molar-refractivity contribution in [3.63, 3.8) is 0 Å². The molecule has 1 unspecified atom stereocenters. The van der Waals surface area contributed by atoms with E-state index in [4.69, 9.17) is 0 Å². The van der Waals surface area contributed by atoms with Gasteiger partial charge in [0.15, 0.2) is 5.65 Å². The van der Waals surface area contributed by atoms with Gasteiger partial charge in [-0.15, -0.1) is 5.10 Å². The predicted molar refractivity (Wildman–Crippen MR) is 68.1 cm³/mol. The van der Waals surface area contributed by atoms with Crippen molar-refractivity contribution < 1.29 is 0 Å². The van der Waals surface area contributed by atoms with Crippen molar-refractivity contribution >= 4 is 11.6 Å². The van der Waals surface area contributed by atoms with Crippen LogP contribution in [0, 0.1) is 12.8 Å². The van der Waals surface area contributed by atoms with Crippen LogP contribution in [0.2, 0.25) is 0 Å². The number of hydrogen-bond donors (Lipinski definition) is 1. The van der Waals surface area contributed by atoms with Crippen molar-refractivity contribution in [3.05, 3.63) is 23.9 Å². The Bertz CT molecular complexity index is 527. The summed E-state index contributed by atoms with van der Waals surface area (Å²) in [7, 11) is 0. The Labute approximate surface area is 101 Å². The second-order valence-electron chi connectivity index (χ2n) is 5.17. The van der Waals surface area contributed by atoms with E-state index in [0.717, 1.165) is 17.5 Å². The first-order chi connectivity index (χ1) is 8.20. The van der Waals surface area contributed by atoms with Gasteiger partial charge in [0.05, 0.1) is 0 Å². The summed E-state index contributed by atoms with van der Waals surface area (Å²) in [5.74, 6) is 1.67. The van der Waals surface area contributed by atoms with Crippen LogP contribution in [-0.2, 0) is 0 Å². The highest BCUT2D eigenvalue weighted by molar-refractivity contribution is 5.44. The summed E-state index contributed by atoms with van der Waals surface area (Å²) in [6, 6.07) is 4.52. The fourth-order valence-corrected chi connectivity index (χ4v) is 2.18. The largest absolute Gasteiger partial charge is 0.350 e. The number of anilines is 1. The summed E-state index contributed by atoms with van der Waals surface area (Å²) in [5.41, 5.74) is 2.09. The highest BCUT2D eigenvalue weighted by Gasteiger charge is 2.23. The third-order valence-corrected chi connectivity index (χ3v) is 3.24. The Hall–Kier alpha value is -1.58. The van der Waals surface area contributed by atoms with Crippen LogP contribution in [0.3, 0.4) is 0 Å². The maximum Gasteiger partial charge on any atom is 0.243 e. The van der Waals surface area contributed by atoms with Crippen molar-refractivity contribution in [2.45, 2.75) is 39.2 Å². The summed E-state index contributed by atoms with van der Waals surface area (Å²) in [4.78, 5) is 4.46. The molecule has 0 radical (unpaired) electrons. The molecular weight excluding hydrogens is 212 g/mol. The van der Waals surface area contributed by atoms with E-state index in [0.29, 0.717) is 6.04 Å².